The van der Waals surface area contributed by atoms with Gasteiger partial charge in [-0.25, -0.2) is 8.42 Å². The van der Waals surface area contributed by atoms with Gasteiger partial charge in [-0.3, -0.25) is 4.79 Å². The van der Waals surface area contributed by atoms with Crippen LogP contribution in [0.15, 0.2) is 0 Å². The molecule has 17 heavy (non-hydrogen) atoms. The number of carbonyl (C=O) groups excluding carboxylic acids is 1. The molecule has 100 valence electrons. The molecule has 0 bridgehead atoms. The number of hydrogen-bond donors (Lipinski definition) is 2. The van der Waals surface area contributed by atoms with E-state index in [4.69, 9.17) is 5.73 Å². The molecule has 0 aromatic heterocycles. The van der Waals surface area contributed by atoms with E-state index in [1.54, 1.807) is 6.92 Å². The van der Waals surface area contributed by atoms with Crippen molar-refractivity contribution in [2.45, 2.75) is 31.3 Å². The van der Waals surface area contributed by atoms with Gasteiger partial charge in [0, 0.05) is 23.8 Å². The SMILES string of the molecule is CC(CSCCS(C)(=O)=O)(NC1CC1)C(N)=O. The molecule has 0 heterocycles. The summed E-state index contributed by atoms with van der Waals surface area (Å²) in [7, 11) is -2.93. The smallest absolute Gasteiger partial charge is 0.238 e. The first-order chi connectivity index (χ1) is 7.73. The highest BCUT2D eigenvalue weighted by Gasteiger charge is 2.36. The van der Waals surface area contributed by atoms with Gasteiger partial charge in [0.05, 0.1) is 5.75 Å². The Bertz CT molecular complexity index is 379. The summed E-state index contributed by atoms with van der Waals surface area (Å²) in [5.74, 6) is 0.759. The third-order valence-corrected chi connectivity index (χ3v) is 5.11. The molecule has 1 aliphatic rings. The molecule has 5 nitrogen and oxygen atoms in total. The van der Waals surface area contributed by atoms with Gasteiger partial charge in [0.1, 0.15) is 15.4 Å². The summed E-state index contributed by atoms with van der Waals surface area (Å²) in [5, 5.41) is 3.22. The van der Waals surface area contributed by atoms with Crippen LogP contribution in [0.25, 0.3) is 0 Å². The van der Waals surface area contributed by atoms with E-state index < -0.39 is 15.4 Å². The van der Waals surface area contributed by atoms with Crippen LogP contribution in [0, 0.1) is 0 Å². The van der Waals surface area contributed by atoms with Crippen molar-refractivity contribution in [1.82, 2.24) is 5.32 Å². The monoisotopic (exact) mass is 280 g/mol. The molecular weight excluding hydrogens is 260 g/mol. The highest BCUT2D eigenvalue weighted by Crippen LogP contribution is 2.24. The maximum absolute atomic E-state index is 11.4. The van der Waals surface area contributed by atoms with Gasteiger partial charge >= 0.3 is 0 Å². The highest BCUT2D eigenvalue weighted by molar-refractivity contribution is 8.00. The number of thioether (sulfide) groups is 1. The Morgan fingerprint density at radius 1 is 1.53 bits per heavy atom. The second kappa shape index (κ2) is 5.58. The number of carbonyl (C=O) groups is 1. The minimum atomic E-state index is -2.93. The van der Waals surface area contributed by atoms with E-state index in [-0.39, 0.29) is 11.7 Å². The van der Waals surface area contributed by atoms with Gasteiger partial charge in [-0.15, -0.1) is 0 Å². The van der Waals surface area contributed by atoms with Crippen molar-refractivity contribution in [3.63, 3.8) is 0 Å². The lowest BCUT2D eigenvalue weighted by molar-refractivity contribution is -0.123. The molecule has 0 aromatic carbocycles. The average Bonchev–Trinajstić information content (AvgIpc) is 2.94. The fraction of sp³-hybridized carbons (Fsp3) is 0.900. The quantitative estimate of drug-likeness (QED) is 0.599. The third kappa shape index (κ3) is 5.74. The molecule has 3 N–H and O–H groups in total. The lowest BCUT2D eigenvalue weighted by Gasteiger charge is -2.27. The molecule has 1 amide bonds. The van der Waals surface area contributed by atoms with E-state index in [0.29, 0.717) is 17.5 Å². The van der Waals surface area contributed by atoms with Gasteiger partial charge in [0.2, 0.25) is 5.91 Å². The molecule has 1 fully saturated rings. The van der Waals surface area contributed by atoms with Gasteiger partial charge in [-0.05, 0) is 19.8 Å². The molecule has 1 rings (SSSR count). The normalized spacial score (nSPS) is 19.9. The average molecular weight is 280 g/mol. The van der Waals surface area contributed by atoms with Crippen molar-refractivity contribution in [1.29, 1.82) is 0 Å². The van der Waals surface area contributed by atoms with Crippen molar-refractivity contribution in [2.24, 2.45) is 5.73 Å². The summed E-state index contributed by atoms with van der Waals surface area (Å²) in [5.41, 5.74) is 4.65. The van der Waals surface area contributed by atoms with Gasteiger partial charge in [0.25, 0.3) is 0 Å². The number of nitrogens with one attached hydrogen (secondary N) is 1. The Hall–Kier alpha value is -0.270. The molecule has 0 aromatic rings. The van der Waals surface area contributed by atoms with Crippen LogP contribution < -0.4 is 11.1 Å². The second-order valence-electron chi connectivity index (χ2n) is 4.80. The van der Waals surface area contributed by atoms with Crippen LogP contribution in [0.3, 0.4) is 0 Å². The molecule has 1 unspecified atom stereocenters. The van der Waals surface area contributed by atoms with Crippen LogP contribution >= 0.6 is 11.8 Å². The number of amides is 1. The van der Waals surface area contributed by atoms with Crippen LogP contribution in [-0.2, 0) is 14.6 Å². The summed E-state index contributed by atoms with van der Waals surface area (Å²) >= 11 is 1.44. The van der Waals surface area contributed by atoms with E-state index >= 15 is 0 Å². The fourth-order valence-electron chi connectivity index (χ4n) is 1.35. The number of sulfone groups is 1. The van der Waals surface area contributed by atoms with Gasteiger partial charge < -0.3 is 11.1 Å². The number of primary amides is 1. The standard InChI is InChI=1S/C10H20N2O3S2/c1-10(9(11)13,12-8-3-4-8)7-16-5-6-17(2,14)15/h8,12H,3-7H2,1-2H3,(H2,11,13). The van der Waals surface area contributed by atoms with Crippen molar-refractivity contribution in [3.8, 4) is 0 Å². The molecular formula is C10H20N2O3S2. The topological polar surface area (TPSA) is 89.3 Å². The molecule has 0 saturated heterocycles. The van der Waals surface area contributed by atoms with E-state index in [1.807, 2.05) is 0 Å². The van der Waals surface area contributed by atoms with Crippen LogP contribution in [0.5, 0.6) is 0 Å². The zero-order valence-electron chi connectivity index (χ0n) is 10.2. The Labute approximate surface area is 107 Å². The van der Waals surface area contributed by atoms with Gasteiger partial charge in [0.15, 0.2) is 0 Å². The molecule has 1 atom stereocenters. The summed E-state index contributed by atoms with van der Waals surface area (Å²) < 4.78 is 21.9. The van der Waals surface area contributed by atoms with Crippen LogP contribution in [0.1, 0.15) is 19.8 Å². The van der Waals surface area contributed by atoms with Gasteiger partial charge in [-0.2, -0.15) is 11.8 Å². The molecule has 0 spiro atoms. The van der Waals surface area contributed by atoms with Crippen molar-refractivity contribution in [3.05, 3.63) is 0 Å². The molecule has 7 heteroatoms. The summed E-state index contributed by atoms with van der Waals surface area (Å²) in [4.78, 5) is 11.4. The maximum atomic E-state index is 11.4. The van der Waals surface area contributed by atoms with E-state index in [9.17, 15) is 13.2 Å². The van der Waals surface area contributed by atoms with Crippen molar-refractivity contribution in [2.75, 3.05) is 23.5 Å². The van der Waals surface area contributed by atoms with Crippen LogP contribution in [0.2, 0.25) is 0 Å². The summed E-state index contributed by atoms with van der Waals surface area (Å²) in [6.07, 6.45) is 3.37. The van der Waals surface area contributed by atoms with Crippen LogP contribution in [0.4, 0.5) is 0 Å². The number of nitrogens with two attached hydrogens (primary N) is 1. The predicted octanol–water partition coefficient (Wildman–Crippen LogP) is -0.240. The fourth-order valence-corrected chi connectivity index (χ4v) is 3.81. The van der Waals surface area contributed by atoms with Crippen molar-refractivity contribution < 1.29 is 13.2 Å². The molecule has 1 saturated carbocycles. The molecule has 1 aliphatic carbocycles. The van der Waals surface area contributed by atoms with Crippen LogP contribution in [-0.4, -0.2) is 49.4 Å². The first-order valence-corrected chi connectivity index (χ1v) is 8.77. The van der Waals surface area contributed by atoms with Gasteiger partial charge in [-0.1, -0.05) is 0 Å². The Morgan fingerprint density at radius 2 is 2.12 bits per heavy atom. The minimum Gasteiger partial charge on any atom is -0.368 e. The zero-order valence-corrected chi connectivity index (χ0v) is 11.9. The zero-order chi connectivity index (χ0) is 13.1. The maximum Gasteiger partial charge on any atom is 0.238 e. The first kappa shape index (κ1) is 14.8. The summed E-state index contributed by atoms with van der Waals surface area (Å²) in [6, 6.07) is 0.392. The second-order valence-corrected chi connectivity index (χ2v) is 8.16. The first-order valence-electron chi connectivity index (χ1n) is 5.56. The molecule has 0 radical (unpaired) electrons. The Morgan fingerprint density at radius 3 is 2.53 bits per heavy atom. The Kier molecular flexibility index (Phi) is 4.86. The lowest BCUT2D eigenvalue weighted by atomic mass is 10.1. The highest BCUT2D eigenvalue weighted by atomic mass is 32.2. The largest absolute Gasteiger partial charge is 0.368 e. The van der Waals surface area contributed by atoms with E-state index in [1.165, 1.54) is 18.0 Å². The van der Waals surface area contributed by atoms with E-state index in [0.717, 1.165) is 12.8 Å². The predicted molar refractivity (Wildman–Crippen MR) is 70.8 cm³/mol. The third-order valence-electron chi connectivity index (χ3n) is 2.63. The van der Waals surface area contributed by atoms with E-state index in [2.05, 4.69) is 5.32 Å². The lowest BCUT2D eigenvalue weighted by Crippen LogP contribution is -2.56. The molecule has 0 aliphatic heterocycles. The minimum absolute atomic E-state index is 0.135. The Balaban J connectivity index is 2.36. The number of rotatable bonds is 8. The number of hydrogen-bond acceptors (Lipinski definition) is 5. The van der Waals surface area contributed by atoms with Crippen molar-refractivity contribution >= 4 is 27.5 Å². The summed E-state index contributed by atoms with van der Waals surface area (Å²) in [6.45, 7) is 1.78.